The summed E-state index contributed by atoms with van der Waals surface area (Å²) in [6.45, 7) is 1.92. The molecule has 18 heavy (non-hydrogen) atoms. The van der Waals surface area contributed by atoms with E-state index in [2.05, 4.69) is 48.3 Å². The summed E-state index contributed by atoms with van der Waals surface area (Å²) in [5.74, 6) is 0.394. The van der Waals surface area contributed by atoms with Crippen molar-refractivity contribution in [3.05, 3.63) is 71.0 Å². The van der Waals surface area contributed by atoms with E-state index in [0.717, 1.165) is 13.1 Å². The Morgan fingerprint density at radius 1 is 1.06 bits per heavy atom. The van der Waals surface area contributed by atoms with Crippen molar-refractivity contribution in [2.75, 3.05) is 13.6 Å². The summed E-state index contributed by atoms with van der Waals surface area (Å²) in [5, 5.41) is 0. The Labute approximate surface area is 108 Å². The largest absolute Gasteiger partial charge is 0.698 e. The van der Waals surface area contributed by atoms with E-state index in [9.17, 15) is 0 Å². The van der Waals surface area contributed by atoms with E-state index in [1.54, 1.807) is 0 Å². The second kappa shape index (κ2) is 4.46. The van der Waals surface area contributed by atoms with Crippen LogP contribution in [0.5, 0.6) is 0 Å². The molecule has 1 aliphatic rings. The van der Waals surface area contributed by atoms with E-state index in [1.165, 1.54) is 16.7 Å². The molecule has 0 amide bonds. The van der Waals surface area contributed by atoms with Gasteiger partial charge in [0.15, 0.2) is 0 Å². The monoisotopic (exact) mass is 237 g/mol. The molecule has 0 saturated carbocycles. The number of fused-ring (bicyclic) bond motifs is 1. The molecule has 1 atom stereocenters. The molecule has 2 nitrogen and oxygen atoms in total. The standard InChI is InChI=1S/C16H17N2/c1-18-10-14(12-6-3-2-4-7-12)13-8-5-9-16(17)15(13)11-18/h2-9,14,17H,10-11H2,1H3/q-1. The lowest BCUT2D eigenvalue weighted by Crippen LogP contribution is -2.30. The smallest absolute Gasteiger partial charge is 0.0221 e. The fraction of sp³-hybridized carbons (Fsp3) is 0.250. The first kappa shape index (κ1) is 11.3. The summed E-state index contributed by atoms with van der Waals surface area (Å²) in [6, 6.07) is 16.7. The molecule has 2 aromatic rings. The summed E-state index contributed by atoms with van der Waals surface area (Å²) in [4.78, 5) is 2.30. The molecule has 0 spiro atoms. The summed E-state index contributed by atoms with van der Waals surface area (Å²) >= 11 is 0. The molecular weight excluding hydrogens is 220 g/mol. The highest BCUT2D eigenvalue weighted by atomic mass is 15.1. The van der Waals surface area contributed by atoms with Crippen molar-refractivity contribution < 1.29 is 0 Å². The van der Waals surface area contributed by atoms with Gasteiger partial charge in [0.25, 0.3) is 0 Å². The SMILES string of the molecule is CN1Cc2c([NH-])cccc2C(c2ccccc2)C1. The molecule has 1 unspecified atom stereocenters. The summed E-state index contributed by atoms with van der Waals surface area (Å²) in [5.41, 5.74) is 12.6. The number of nitrogens with one attached hydrogen (secondary N) is 1. The van der Waals surface area contributed by atoms with Crippen LogP contribution >= 0.6 is 0 Å². The van der Waals surface area contributed by atoms with Gasteiger partial charge in [0.1, 0.15) is 0 Å². The van der Waals surface area contributed by atoms with Crippen molar-refractivity contribution in [2.45, 2.75) is 12.5 Å². The normalized spacial score (nSPS) is 19.5. The number of hydrogen-bond donors (Lipinski definition) is 0. The molecule has 1 N–H and O–H groups in total. The quantitative estimate of drug-likeness (QED) is 0.737. The zero-order valence-corrected chi connectivity index (χ0v) is 10.6. The maximum absolute atomic E-state index is 8.06. The third-order valence-electron chi connectivity index (χ3n) is 3.71. The van der Waals surface area contributed by atoms with Crippen LogP contribution in [-0.2, 0) is 6.54 Å². The molecule has 0 bridgehead atoms. The molecule has 2 heteroatoms. The molecule has 0 radical (unpaired) electrons. The van der Waals surface area contributed by atoms with Gasteiger partial charge < -0.3 is 10.6 Å². The van der Waals surface area contributed by atoms with Crippen LogP contribution in [0.3, 0.4) is 0 Å². The Balaban J connectivity index is 2.11. The molecule has 1 heterocycles. The fourth-order valence-electron chi connectivity index (χ4n) is 2.82. The minimum absolute atomic E-state index is 0.394. The third kappa shape index (κ3) is 1.89. The molecule has 3 rings (SSSR count). The fourth-order valence-corrected chi connectivity index (χ4v) is 2.82. The van der Waals surface area contributed by atoms with Crippen molar-refractivity contribution in [2.24, 2.45) is 0 Å². The molecule has 2 aromatic carbocycles. The van der Waals surface area contributed by atoms with E-state index in [-0.39, 0.29) is 0 Å². The number of rotatable bonds is 1. The number of hydrogen-bond acceptors (Lipinski definition) is 1. The molecule has 0 aromatic heterocycles. The van der Waals surface area contributed by atoms with Crippen LogP contribution in [0.1, 0.15) is 22.6 Å². The van der Waals surface area contributed by atoms with Gasteiger partial charge in [-0.05, 0) is 23.7 Å². The predicted octanol–water partition coefficient (Wildman–Crippen LogP) is 3.95. The van der Waals surface area contributed by atoms with Gasteiger partial charge in [-0.15, -0.1) is 5.69 Å². The summed E-state index contributed by atoms with van der Waals surface area (Å²) < 4.78 is 0. The average molecular weight is 237 g/mol. The Kier molecular flexibility index (Phi) is 2.80. The lowest BCUT2D eigenvalue weighted by Gasteiger charge is -2.35. The first-order valence-electron chi connectivity index (χ1n) is 6.32. The van der Waals surface area contributed by atoms with E-state index < -0.39 is 0 Å². The van der Waals surface area contributed by atoms with Crippen LogP contribution in [0.4, 0.5) is 5.69 Å². The maximum Gasteiger partial charge on any atom is 0.0221 e. The van der Waals surface area contributed by atoms with Gasteiger partial charge in [0.05, 0.1) is 0 Å². The van der Waals surface area contributed by atoms with Crippen molar-refractivity contribution in [1.29, 1.82) is 0 Å². The van der Waals surface area contributed by atoms with Gasteiger partial charge in [0.2, 0.25) is 0 Å². The maximum atomic E-state index is 8.06. The van der Waals surface area contributed by atoms with Crippen LogP contribution in [-0.4, -0.2) is 18.5 Å². The number of likely N-dealkylation sites (N-methyl/N-ethyl adjacent to an activating group) is 1. The molecule has 0 aliphatic carbocycles. The van der Waals surface area contributed by atoms with Gasteiger partial charge in [-0.1, -0.05) is 48.5 Å². The number of benzene rings is 2. The molecule has 1 aliphatic heterocycles. The summed E-state index contributed by atoms with van der Waals surface area (Å²) in [7, 11) is 2.13. The van der Waals surface area contributed by atoms with E-state index in [0.29, 0.717) is 11.6 Å². The first-order valence-corrected chi connectivity index (χ1v) is 6.32. The lowest BCUT2D eigenvalue weighted by molar-refractivity contribution is 0.296. The van der Waals surface area contributed by atoms with E-state index in [4.69, 9.17) is 5.73 Å². The van der Waals surface area contributed by atoms with Gasteiger partial charge in [-0.25, -0.2) is 0 Å². The zero-order valence-electron chi connectivity index (χ0n) is 10.6. The lowest BCUT2D eigenvalue weighted by atomic mass is 9.84. The van der Waals surface area contributed by atoms with Gasteiger partial charge in [0, 0.05) is 19.0 Å². The summed E-state index contributed by atoms with van der Waals surface area (Å²) in [6.07, 6.45) is 0. The molecule has 0 saturated heterocycles. The van der Waals surface area contributed by atoms with Crippen molar-refractivity contribution in [1.82, 2.24) is 4.90 Å². The van der Waals surface area contributed by atoms with Gasteiger partial charge >= 0.3 is 0 Å². The minimum Gasteiger partial charge on any atom is -0.698 e. The zero-order chi connectivity index (χ0) is 12.5. The Morgan fingerprint density at radius 2 is 1.83 bits per heavy atom. The van der Waals surface area contributed by atoms with E-state index >= 15 is 0 Å². The highest BCUT2D eigenvalue weighted by molar-refractivity contribution is 5.57. The minimum atomic E-state index is 0.394. The van der Waals surface area contributed by atoms with Gasteiger partial charge in [-0.2, -0.15) is 0 Å². The molecule has 92 valence electrons. The Bertz CT molecular complexity index is 548. The Hall–Kier alpha value is -1.80. The average Bonchev–Trinajstić information content (AvgIpc) is 2.40. The highest BCUT2D eigenvalue weighted by Crippen LogP contribution is 2.36. The topological polar surface area (TPSA) is 27.0 Å². The third-order valence-corrected chi connectivity index (χ3v) is 3.71. The van der Waals surface area contributed by atoms with E-state index in [1.807, 2.05) is 12.1 Å². The Morgan fingerprint density at radius 3 is 2.61 bits per heavy atom. The first-order chi connectivity index (χ1) is 8.75. The van der Waals surface area contributed by atoms with Crippen LogP contribution in [0, 0.1) is 0 Å². The van der Waals surface area contributed by atoms with Crippen molar-refractivity contribution in [3.63, 3.8) is 0 Å². The second-order valence-electron chi connectivity index (χ2n) is 5.03. The predicted molar refractivity (Wildman–Crippen MR) is 75.0 cm³/mol. The number of nitrogens with zero attached hydrogens (tertiary/aromatic N) is 1. The van der Waals surface area contributed by atoms with Crippen molar-refractivity contribution >= 4 is 5.69 Å². The second-order valence-corrected chi connectivity index (χ2v) is 5.03. The van der Waals surface area contributed by atoms with Gasteiger partial charge in [-0.3, -0.25) is 0 Å². The van der Waals surface area contributed by atoms with Crippen LogP contribution in [0.15, 0.2) is 48.5 Å². The highest BCUT2D eigenvalue weighted by Gasteiger charge is 2.24. The molecule has 0 fully saturated rings. The van der Waals surface area contributed by atoms with Crippen molar-refractivity contribution in [3.8, 4) is 0 Å². The molecular formula is C16H17N2-. The van der Waals surface area contributed by atoms with Crippen LogP contribution in [0.25, 0.3) is 5.73 Å². The van der Waals surface area contributed by atoms with Crippen LogP contribution < -0.4 is 0 Å². The van der Waals surface area contributed by atoms with Crippen LogP contribution in [0.2, 0.25) is 0 Å².